The molecule has 0 aliphatic carbocycles. The Morgan fingerprint density at radius 1 is 1.27 bits per heavy atom. The highest BCUT2D eigenvalue weighted by molar-refractivity contribution is 7.90. The second kappa shape index (κ2) is 7.22. The molecule has 0 saturated carbocycles. The lowest BCUT2D eigenvalue weighted by Crippen LogP contribution is -2.28. The molecule has 0 aromatic heterocycles. The van der Waals surface area contributed by atoms with E-state index in [1.165, 1.54) is 13.0 Å². The monoisotopic (exact) mass is 373 g/mol. The number of ketones is 1. The number of aryl methyl sites for hydroxylation is 1. The van der Waals surface area contributed by atoms with Crippen LogP contribution in [0.3, 0.4) is 0 Å². The van der Waals surface area contributed by atoms with Crippen molar-refractivity contribution in [1.29, 1.82) is 0 Å². The number of hydrogen-bond donors (Lipinski definition) is 2. The van der Waals surface area contributed by atoms with Gasteiger partial charge < -0.3 is 20.2 Å². The first kappa shape index (κ1) is 18.6. The number of nitrogen functional groups attached to an aromatic ring is 1. The summed E-state index contributed by atoms with van der Waals surface area (Å²) in [4.78, 5) is 11.5. The van der Waals surface area contributed by atoms with Gasteiger partial charge in [-0.05, 0) is 53.7 Å². The van der Waals surface area contributed by atoms with Crippen LogP contribution in [0.25, 0.3) is 0 Å². The van der Waals surface area contributed by atoms with Crippen LogP contribution in [-0.2, 0) is 38.1 Å². The van der Waals surface area contributed by atoms with Crippen molar-refractivity contribution in [3.05, 3.63) is 53.1 Å². The highest BCUT2D eigenvalue weighted by Crippen LogP contribution is 2.24. The van der Waals surface area contributed by atoms with E-state index in [2.05, 4.69) is 0 Å². The zero-order chi connectivity index (χ0) is 18.9. The zero-order valence-corrected chi connectivity index (χ0v) is 15.3. The van der Waals surface area contributed by atoms with Crippen molar-refractivity contribution in [3.63, 3.8) is 0 Å². The number of sulfone groups is 1. The molecule has 1 aliphatic heterocycles. The van der Waals surface area contributed by atoms with Crippen LogP contribution in [0.2, 0.25) is 0 Å². The Morgan fingerprint density at radius 3 is 2.77 bits per heavy atom. The molecule has 1 aliphatic rings. The number of carbonyl (C=O) groups excluding carboxylic acids is 1. The Balaban J connectivity index is 1.91. The third kappa shape index (κ3) is 3.98. The van der Waals surface area contributed by atoms with Gasteiger partial charge in [-0.2, -0.15) is 0 Å². The average molecular weight is 373 g/mol. The Morgan fingerprint density at radius 2 is 2.04 bits per heavy atom. The van der Waals surface area contributed by atoms with Crippen LogP contribution in [0.15, 0.2) is 41.3 Å². The van der Waals surface area contributed by atoms with Crippen LogP contribution in [-0.4, -0.2) is 26.3 Å². The van der Waals surface area contributed by atoms with Crippen molar-refractivity contribution in [1.82, 2.24) is 0 Å². The van der Waals surface area contributed by atoms with Crippen molar-refractivity contribution < 1.29 is 22.9 Å². The molecule has 3 rings (SSSR count). The first-order valence-electron chi connectivity index (χ1n) is 8.28. The first-order chi connectivity index (χ1) is 12.3. The number of hydrogen-bond acceptors (Lipinski definition) is 6. The molecule has 0 amide bonds. The second-order valence-electron chi connectivity index (χ2n) is 6.52. The third-order valence-corrected chi connectivity index (χ3v) is 6.18. The summed E-state index contributed by atoms with van der Waals surface area (Å²) in [5.41, 5.74) is 8.82. The average Bonchev–Trinajstić information content (AvgIpc) is 2.93. The molecule has 0 fully saturated rings. The molecule has 8 heteroatoms. The van der Waals surface area contributed by atoms with Crippen LogP contribution >= 0.6 is 0 Å². The molecule has 0 unspecified atom stereocenters. The number of nitrogens with two attached hydrogens (primary N) is 1. The Kier molecular flexibility index (Phi) is 5.18. The van der Waals surface area contributed by atoms with Gasteiger partial charge in [0.25, 0.3) is 0 Å². The molecule has 6 nitrogen and oxygen atoms in total. The lowest BCUT2D eigenvalue weighted by molar-refractivity contribution is -0.116. The maximum atomic E-state index is 12.9. The number of Topliss-reactive ketones (excluding diaryl/α,β-unsaturated/α-hetero) is 1. The topological polar surface area (TPSA) is 107 Å². The van der Waals surface area contributed by atoms with E-state index in [9.17, 15) is 18.2 Å². The fourth-order valence-corrected chi connectivity index (χ4v) is 4.67. The Labute approximate surface area is 153 Å². The minimum absolute atomic E-state index is 0.0108. The summed E-state index contributed by atoms with van der Waals surface area (Å²) in [6, 6.07) is 9.81. The van der Waals surface area contributed by atoms with Gasteiger partial charge in [-0.25, -0.2) is 8.42 Å². The van der Waals surface area contributed by atoms with E-state index in [-0.39, 0.29) is 22.9 Å². The molecule has 136 valence electrons. The first-order valence-corrected chi connectivity index (χ1v) is 9.93. The quantitative estimate of drug-likeness (QED) is 0.578. The molecule has 2 aromatic carbocycles. The summed E-state index contributed by atoms with van der Waals surface area (Å²) in [6.45, 7) is 1.79. The van der Waals surface area contributed by atoms with E-state index in [1.807, 2.05) is 0 Å². The van der Waals surface area contributed by atoms with Gasteiger partial charge in [0.1, 0.15) is 5.78 Å². The van der Waals surface area contributed by atoms with Gasteiger partial charge >= 0.3 is 7.12 Å². The molecule has 3 N–H and O–H groups in total. The van der Waals surface area contributed by atoms with Gasteiger partial charge in [0, 0.05) is 12.1 Å². The van der Waals surface area contributed by atoms with Crippen LogP contribution in [0.4, 0.5) is 5.69 Å². The number of benzene rings is 2. The lowest BCUT2D eigenvalue weighted by atomic mass is 9.79. The van der Waals surface area contributed by atoms with Crippen LogP contribution in [0.5, 0.6) is 0 Å². The van der Waals surface area contributed by atoms with E-state index in [0.29, 0.717) is 35.3 Å². The minimum Gasteiger partial charge on any atom is -0.423 e. The van der Waals surface area contributed by atoms with Gasteiger partial charge in [0.15, 0.2) is 9.84 Å². The molecule has 0 radical (unpaired) electrons. The summed E-state index contributed by atoms with van der Waals surface area (Å²) >= 11 is 0. The van der Waals surface area contributed by atoms with E-state index >= 15 is 0 Å². The van der Waals surface area contributed by atoms with Crippen molar-refractivity contribution >= 4 is 33.9 Å². The molecular formula is C18H20BNO5S. The van der Waals surface area contributed by atoms with Gasteiger partial charge in [-0.3, -0.25) is 0 Å². The highest BCUT2D eigenvalue weighted by atomic mass is 32.2. The maximum Gasteiger partial charge on any atom is 0.491 e. The maximum absolute atomic E-state index is 12.9. The number of fused-ring (bicyclic) bond motifs is 1. The molecule has 26 heavy (non-hydrogen) atoms. The molecule has 0 spiro atoms. The fraction of sp³-hybridized carbons (Fsp3) is 0.278. The fourth-order valence-electron chi connectivity index (χ4n) is 3.06. The zero-order valence-electron chi connectivity index (χ0n) is 14.4. The number of rotatable bonds is 6. The van der Waals surface area contributed by atoms with Crippen LogP contribution in [0, 0.1) is 0 Å². The standard InChI is InChI=1S/C18H20BNO5S/c1-12(21)2-4-14-9-16(20)6-7-18(14)26(23,24)11-13-3-5-15-10-25-19(22)17(15)8-13/h3,5-9,22H,2,4,10-11,20H2,1H3. The SMILES string of the molecule is CC(=O)CCc1cc(N)ccc1S(=O)(=O)Cc1ccc2c(c1)B(O)OC2. The number of carbonyl (C=O) groups is 1. The minimum atomic E-state index is -3.63. The summed E-state index contributed by atoms with van der Waals surface area (Å²) in [7, 11) is -4.65. The molecule has 2 aromatic rings. The lowest BCUT2D eigenvalue weighted by Gasteiger charge is -2.12. The van der Waals surface area contributed by atoms with E-state index in [1.54, 1.807) is 30.3 Å². The summed E-state index contributed by atoms with van der Waals surface area (Å²) in [5, 5.41) is 9.80. The molecule has 1 heterocycles. The van der Waals surface area contributed by atoms with Crippen molar-refractivity contribution in [2.45, 2.75) is 37.0 Å². The number of anilines is 1. The highest BCUT2D eigenvalue weighted by Gasteiger charge is 2.28. The largest absolute Gasteiger partial charge is 0.491 e. The Hall–Kier alpha value is -2.16. The van der Waals surface area contributed by atoms with Crippen LogP contribution in [0.1, 0.15) is 30.0 Å². The predicted molar refractivity (Wildman–Crippen MR) is 99.6 cm³/mol. The summed E-state index contributed by atoms with van der Waals surface area (Å²) < 4.78 is 31.0. The second-order valence-corrected chi connectivity index (χ2v) is 8.48. The Bertz CT molecular complexity index is 958. The normalized spacial score (nSPS) is 13.7. The van der Waals surface area contributed by atoms with E-state index in [0.717, 1.165) is 5.56 Å². The molecule has 0 saturated heterocycles. The third-order valence-electron chi connectivity index (χ3n) is 4.40. The van der Waals surface area contributed by atoms with E-state index in [4.69, 9.17) is 10.4 Å². The van der Waals surface area contributed by atoms with Gasteiger partial charge in [0.2, 0.25) is 0 Å². The smallest absolute Gasteiger partial charge is 0.423 e. The van der Waals surface area contributed by atoms with Crippen molar-refractivity contribution in [2.75, 3.05) is 5.73 Å². The van der Waals surface area contributed by atoms with Gasteiger partial charge in [-0.1, -0.05) is 18.2 Å². The predicted octanol–water partition coefficient (Wildman–Crippen LogP) is 0.982. The van der Waals surface area contributed by atoms with Crippen molar-refractivity contribution in [3.8, 4) is 0 Å². The molecular weight excluding hydrogens is 353 g/mol. The van der Waals surface area contributed by atoms with Crippen LogP contribution < -0.4 is 11.2 Å². The van der Waals surface area contributed by atoms with E-state index < -0.39 is 17.0 Å². The molecule has 0 bridgehead atoms. The molecule has 0 atom stereocenters. The summed E-state index contributed by atoms with van der Waals surface area (Å²) in [6.07, 6.45) is 0.583. The van der Waals surface area contributed by atoms with Gasteiger partial charge in [0.05, 0.1) is 17.3 Å². The van der Waals surface area contributed by atoms with Crippen molar-refractivity contribution in [2.24, 2.45) is 0 Å². The summed E-state index contributed by atoms with van der Waals surface area (Å²) in [5.74, 6) is -0.215. The van der Waals surface area contributed by atoms with Gasteiger partial charge in [-0.15, -0.1) is 0 Å².